The molecule has 206 valence electrons. The van der Waals surface area contributed by atoms with E-state index in [4.69, 9.17) is 5.11 Å². The first-order valence-corrected chi connectivity index (χ1v) is 14.1. The predicted octanol–water partition coefficient (Wildman–Crippen LogP) is 8.12. The van der Waals surface area contributed by atoms with Crippen LogP contribution in [0.15, 0.2) is 84.1 Å². The number of aliphatic carboxylic acids is 1. The van der Waals surface area contributed by atoms with Gasteiger partial charge in [-0.3, -0.25) is 4.79 Å². The molecule has 1 heterocycles. The summed E-state index contributed by atoms with van der Waals surface area (Å²) in [6.07, 6.45) is 12.0. The fourth-order valence-electron chi connectivity index (χ4n) is 5.72. The number of nitrogens with zero attached hydrogens (tertiary/aromatic N) is 2. The smallest absolute Gasteiger partial charge is 0.305 e. The van der Waals surface area contributed by atoms with Crippen LogP contribution in [-0.4, -0.2) is 24.2 Å². The fraction of sp³-hybridized carbons (Fsp3) is 0.412. The van der Waals surface area contributed by atoms with Crippen molar-refractivity contribution in [3.8, 4) is 6.07 Å². The van der Waals surface area contributed by atoms with Crippen LogP contribution in [0, 0.1) is 11.3 Å². The number of carboxylic acids is 1. The number of carboxylic acid groups (broad SMARTS) is 1. The Bertz CT molecular complexity index is 1280. The molecule has 2 aromatic rings. The minimum Gasteiger partial charge on any atom is -0.481 e. The van der Waals surface area contributed by atoms with Crippen molar-refractivity contribution >= 4 is 17.3 Å². The van der Waals surface area contributed by atoms with E-state index in [1.165, 1.54) is 22.5 Å². The first-order valence-electron chi connectivity index (χ1n) is 14.1. The molecule has 1 unspecified atom stereocenters. The summed E-state index contributed by atoms with van der Waals surface area (Å²) in [5.74, 6) is -0.812. The summed E-state index contributed by atoms with van der Waals surface area (Å²) in [4.78, 5) is 13.4. The van der Waals surface area contributed by atoms with Crippen LogP contribution in [0.3, 0.4) is 0 Å². The molecular formula is C34H43N3O2. The maximum atomic E-state index is 11.0. The van der Waals surface area contributed by atoms with Gasteiger partial charge in [0.05, 0.1) is 18.1 Å². The van der Waals surface area contributed by atoms with Crippen LogP contribution in [0.1, 0.15) is 77.8 Å². The minimum absolute atomic E-state index is 0.0716. The lowest BCUT2D eigenvalue weighted by Crippen LogP contribution is -2.26. The Kier molecular flexibility index (Phi) is 10.2. The number of benzene rings is 2. The van der Waals surface area contributed by atoms with E-state index in [0.717, 1.165) is 37.9 Å². The summed E-state index contributed by atoms with van der Waals surface area (Å²) in [6.45, 7) is 12.4. The Morgan fingerprint density at radius 3 is 2.54 bits per heavy atom. The first kappa shape index (κ1) is 29.8. The Morgan fingerprint density at radius 2 is 1.85 bits per heavy atom. The molecule has 5 nitrogen and oxygen atoms in total. The highest BCUT2D eigenvalue weighted by Crippen LogP contribution is 2.47. The highest BCUT2D eigenvalue weighted by atomic mass is 16.4. The van der Waals surface area contributed by atoms with E-state index < -0.39 is 5.97 Å². The van der Waals surface area contributed by atoms with Crippen molar-refractivity contribution in [1.29, 1.82) is 5.26 Å². The lowest BCUT2D eigenvalue weighted by atomic mass is 9.75. The van der Waals surface area contributed by atoms with Gasteiger partial charge in [-0.15, -0.1) is 0 Å². The summed E-state index contributed by atoms with van der Waals surface area (Å²) in [7, 11) is 0. The predicted molar refractivity (Wildman–Crippen MR) is 162 cm³/mol. The zero-order chi connectivity index (χ0) is 28.5. The van der Waals surface area contributed by atoms with Gasteiger partial charge in [0.1, 0.15) is 0 Å². The van der Waals surface area contributed by atoms with Gasteiger partial charge in [0.2, 0.25) is 0 Å². The molecule has 2 aromatic carbocycles. The molecule has 0 aliphatic carbocycles. The average Bonchev–Trinajstić information content (AvgIpc) is 3.12. The maximum Gasteiger partial charge on any atom is 0.305 e. The van der Waals surface area contributed by atoms with Gasteiger partial charge < -0.3 is 15.3 Å². The fourth-order valence-corrected chi connectivity index (χ4v) is 5.72. The summed E-state index contributed by atoms with van der Waals surface area (Å²) in [6, 6.07) is 19.1. The molecule has 0 aromatic heterocycles. The third kappa shape index (κ3) is 7.00. The van der Waals surface area contributed by atoms with Crippen LogP contribution in [0.2, 0.25) is 0 Å². The van der Waals surface area contributed by atoms with E-state index in [-0.39, 0.29) is 17.3 Å². The molecule has 0 fully saturated rings. The van der Waals surface area contributed by atoms with Crippen LogP contribution in [-0.2, 0) is 15.6 Å². The maximum absolute atomic E-state index is 11.0. The number of fused-ring (bicyclic) bond motifs is 1. The summed E-state index contributed by atoms with van der Waals surface area (Å²) >= 11 is 0. The molecule has 5 heteroatoms. The molecule has 1 aliphatic rings. The molecule has 39 heavy (non-hydrogen) atoms. The molecule has 1 aliphatic heterocycles. The Balaban J connectivity index is 1.85. The van der Waals surface area contributed by atoms with Crippen molar-refractivity contribution in [1.82, 2.24) is 0 Å². The van der Waals surface area contributed by atoms with Crippen molar-refractivity contribution in [3.63, 3.8) is 0 Å². The van der Waals surface area contributed by atoms with E-state index in [0.29, 0.717) is 12.1 Å². The third-order valence-electron chi connectivity index (χ3n) is 7.70. The minimum atomic E-state index is -0.812. The quantitative estimate of drug-likeness (QED) is 0.204. The van der Waals surface area contributed by atoms with E-state index >= 15 is 0 Å². The van der Waals surface area contributed by atoms with Crippen molar-refractivity contribution in [2.45, 2.75) is 77.6 Å². The molecule has 2 N–H and O–H groups in total. The second-order valence-corrected chi connectivity index (χ2v) is 11.1. The zero-order valence-corrected chi connectivity index (χ0v) is 24.1. The number of nitriles is 1. The number of hydrogen-bond donors (Lipinski definition) is 2. The van der Waals surface area contributed by atoms with Crippen molar-refractivity contribution in [2.75, 3.05) is 23.3 Å². The van der Waals surface area contributed by atoms with Crippen LogP contribution in [0.4, 0.5) is 11.4 Å². The largest absolute Gasteiger partial charge is 0.481 e. The molecule has 1 atom stereocenters. The van der Waals surface area contributed by atoms with Gasteiger partial charge in [0, 0.05) is 35.6 Å². The van der Waals surface area contributed by atoms with Gasteiger partial charge >= 0.3 is 5.97 Å². The SMILES string of the molecule is CCCN1/C(=C/C=C(C#N)/C=C/CC(C)(CCC)c2ccccc2NCCC(=O)O)C(C)(C)c2ccccc21. The average molecular weight is 526 g/mol. The molecule has 0 saturated carbocycles. The second kappa shape index (κ2) is 13.3. The third-order valence-corrected chi connectivity index (χ3v) is 7.70. The van der Waals surface area contributed by atoms with Gasteiger partial charge in [-0.25, -0.2) is 0 Å². The standard InChI is InChI=1S/C34H43N3O2/c1-6-21-34(5,27-14-8-10-16-29(27)36-23-20-32(38)39)22-12-13-26(25-35)18-19-31-33(3,4)28-15-9-11-17-30(28)37(31)24-7-2/h8-19,36H,6-7,20-24H2,1-5H3,(H,38,39)/b13-12+,26-18-,31-19+. The molecular weight excluding hydrogens is 482 g/mol. The Labute approximate surface area is 234 Å². The van der Waals surface area contributed by atoms with Crippen LogP contribution >= 0.6 is 0 Å². The van der Waals surface area contributed by atoms with Crippen molar-refractivity contribution in [3.05, 3.63) is 95.2 Å². The van der Waals surface area contributed by atoms with Gasteiger partial charge in [-0.1, -0.05) is 83.5 Å². The number of rotatable bonds is 13. The molecule has 0 bridgehead atoms. The molecule has 0 saturated heterocycles. The van der Waals surface area contributed by atoms with E-state index in [1.807, 2.05) is 30.4 Å². The number of para-hydroxylation sites is 2. The van der Waals surface area contributed by atoms with Gasteiger partial charge in [-0.05, 0) is 66.2 Å². The molecule has 0 radical (unpaired) electrons. The van der Waals surface area contributed by atoms with E-state index in [9.17, 15) is 10.1 Å². The van der Waals surface area contributed by atoms with Crippen LogP contribution in [0.5, 0.6) is 0 Å². The summed E-state index contributed by atoms with van der Waals surface area (Å²) < 4.78 is 0. The van der Waals surface area contributed by atoms with Crippen LogP contribution < -0.4 is 10.2 Å². The van der Waals surface area contributed by atoms with Gasteiger partial charge in [0.15, 0.2) is 0 Å². The lowest BCUT2D eigenvalue weighted by Gasteiger charge is -2.31. The van der Waals surface area contributed by atoms with E-state index in [2.05, 4.69) is 93.4 Å². The first-order chi connectivity index (χ1) is 18.7. The second-order valence-electron chi connectivity index (χ2n) is 11.1. The highest BCUT2D eigenvalue weighted by Gasteiger charge is 2.39. The van der Waals surface area contributed by atoms with Crippen LogP contribution in [0.25, 0.3) is 0 Å². The molecule has 3 rings (SSSR count). The summed E-state index contributed by atoms with van der Waals surface area (Å²) in [5.41, 5.74) is 6.27. The van der Waals surface area contributed by atoms with Gasteiger partial charge in [0.25, 0.3) is 0 Å². The monoisotopic (exact) mass is 525 g/mol. The molecule has 0 amide bonds. The van der Waals surface area contributed by atoms with Crippen molar-refractivity contribution in [2.24, 2.45) is 0 Å². The summed E-state index contributed by atoms with van der Waals surface area (Å²) in [5, 5.41) is 22.3. The number of nitrogens with one attached hydrogen (secondary N) is 1. The van der Waals surface area contributed by atoms with E-state index in [1.54, 1.807) is 0 Å². The lowest BCUT2D eigenvalue weighted by molar-refractivity contribution is -0.136. The van der Waals surface area contributed by atoms with Crippen molar-refractivity contribution < 1.29 is 9.90 Å². The Hall–Kier alpha value is -3.78. The normalized spacial score (nSPS) is 17.2. The number of anilines is 2. The number of allylic oxidation sites excluding steroid dienone is 6. The Morgan fingerprint density at radius 1 is 1.13 bits per heavy atom. The number of hydrogen-bond acceptors (Lipinski definition) is 4. The molecule has 0 spiro atoms. The highest BCUT2D eigenvalue weighted by molar-refractivity contribution is 5.71. The topological polar surface area (TPSA) is 76.4 Å². The van der Waals surface area contributed by atoms with Gasteiger partial charge in [-0.2, -0.15) is 5.26 Å². The number of carbonyl (C=O) groups is 1. The zero-order valence-electron chi connectivity index (χ0n) is 24.1.